The van der Waals surface area contributed by atoms with E-state index in [2.05, 4.69) is 24.5 Å². The fraction of sp³-hybridized carbons (Fsp3) is 0.917. The van der Waals surface area contributed by atoms with Crippen LogP contribution in [0.3, 0.4) is 0 Å². The molecule has 0 bridgehead atoms. The number of rotatable bonds is 9. The van der Waals surface area contributed by atoms with Crippen LogP contribution in [-0.2, 0) is 9.53 Å². The molecule has 0 aromatic carbocycles. The van der Waals surface area contributed by atoms with E-state index in [1.807, 2.05) is 6.92 Å². The lowest BCUT2D eigenvalue weighted by atomic mass is 10.1. The molecule has 0 spiro atoms. The Labute approximate surface area is 99.1 Å². The molecule has 0 aliphatic carbocycles. The van der Waals surface area contributed by atoms with Crippen molar-refractivity contribution < 1.29 is 9.53 Å². The molecule has 0 rings (SSSR count). The van der Waals surface area contributed by atoms with Gasteiger partial charge in [0.2, 0.25) is 5.91 Å². The van der Waals surface area contributed by atoms with Gasteiger partial charge in [0, 0.05) is 19.7 Å². The summed E-state index contributed by atoms with van der Waals surface area (Å²) < 4.78 is 4.87. The molecule has 0 fully saturated rings. The van der Waals surface area contributed by atoms with Crippen LogP contribution in [0.2, 0.25) is 0 Å². The molecule has 0 aliphatic heterocycles. The highest BCUT2D eigenvalue weighted by molar-refractivity contribution is 5.81. The van der Waals surface area contributed by atoms with Gasteiger partial charge in [0.05, 0.1) is 12.6 Å². The predicted molar refractivity (Wildman–Crippen MR) is 66.5 cm³/mol. The molecule has 2 N–H and O–H groups in total. The monoisotopic (exact) mass is 230 g/mol. The summed E-state index contributed by atoms with van der Waals surface area (Å²) >= 11 is 0. The summed E-state index contributed by atoms with van der Waals surface area (Å²) in [6, 6.07) is 0.256. The summed E-state index contributed by atoms with van der Waals surface area (Å²) in [5.41, 5.74) is 0. The number of hydrogen-bond acceptors (Lipinski definition) is 3. The quantitative estimate of drug-likeness (QED) is 0.587. The van der Waals surface area contributed by atoms with Crippen LogP contribution >= 0.6 is 0 Å². The second kappa shape index (κ2) is 9.60. The Kier molecular flexibility index (Phi) is 9.24. The number of ether oxygens (including phenoxy) is 1. The highest BCUT2D eigenvalue weighted by Gasteiger charge is 2.14. The second-order valence-electron chi connectivity index (χ2n) is 4.22. The third-order valence-electron chi connectivity index (χ3n) is 2.52. The lowest BCUT2D eigenvalue weighted by molar-refractivity contribution is -0.123. The molecule has 2 atom stereocenters. The van der Waals surface area contributed by atoms with Crippen LogP contribution in [0.15, 0.2) is 0 Å². The fourth-order valence-electron chi connectivity index (χ4n) is 1.53. The fourth-order valence-corrected chi connectivity index (χ4v) is 1.53. The number of methoxy groups -OCH3 is 1. The summed E-state index contributed by atoms with van der Waals surface area (Å²) in [7, 11) is 1.63. The van der Waals surface area contributed by atoms with Gasteiger partial charge in [0.25, 0.3) is 0 Å². The molecule has 4 heteroatoms. The molecule has 4 nitrogen and oxygen atoms in total. The van der Waals surface area contributed by atoms with Crippen molar-refractivity contribution in [3.63, 3.8) is 0 Å². The molecule has 0 radical (unpaired) electrons. The Morgan fingerprint density at radius 2 is 2.06 bits per heavy atom. The SMILES string of the molecule is CCCCC(C)NC(C)C(=O)NCCOC. The number of carbonyl (C=O) groups is 1. The largest absolute Gasteiger partial charge is 0.383 e. The van der Waals surface area contributed by atoms with Gasteiger partial charge in [-0.15, -0.1) is 0 Å². The van der Waals surface area contributed by atoms with Gasteiger partial charge < -0.3 is 15.4 Å². The molecule has 0 saturated carbocycles. The minimum Gasteiger partial charge on any atom is -0.383 e. The van der Waals surface area contributed by atoms with Crippen LogP contribution in [0, 0.1) is 0 Å². The maximum Gasteiger partial charge on any atom is 0.236 e. The van der Waals surface area contributed by atoms with Gasteiger partial charge >= 0.3 is 0 Å². The molecule has 0 aromatic heterocycles. The Hall–Kier alpha value is -0.610. The van der Waals surface area contributed by atoms with E-state index in [4.69, 9.17) is 4.74 Å². The van der Waals surface area contributed by atoms with E-state index in [1.54, 1.807) is 7.11 Å². The van der Waals surface area contributed by atoms with Gasteiger partial charge in [0.15, 0.2) is 0 Å². The maximum absolute atomic E-state index is 11.6. The average molecular weight is 230 g/mol. The van der Waals surface area contributed by atoms with E-state index in [9.17, 15) is 4.79 Å². The Morgan fingerprint density at radius 1 is 1.38 bits per heavy atom. The lowest BCUT2D eigenvalue weighted by Crippen LogP contribution is -2.46. The van der Waals surface area contributed by atoms with E-state index >= 15 is 0 Å². The molecular formula is C12H26N2O2. The standard InChI is InChI=1S/C12H26N2O2/c1-5-6-7-10(2)14-11(3)12(15)13-8-9-16-4/h10-11,14H,5-9H2,1-4H3,(H,13,15). The van der Waals surface area contributed by atoms with Gasteiger partial charge in [0.1, 0.15) is 0 Å². The van der Waals surface area contributed by atoms with E-state index < -0.39 is 0 Å². The number of amides is 1. The summed E-state index contributed by atoms with van der Waals surface area (Å²) in [5, 5.41) is 6.11. The van der Waals surface area contributed by atoms with Crippen molar-refractivity contribution in [2.45, 2.75) is 52.1 Å². The van der Waals surface area contributed by atoms with Gasteiger partial charge in [-0.1, -0.05) is 19.8 Å². The predicted octanol–water partition coefficient (Wildman–Crippen LogP) is 1.31. The first-order valence-electron chi connectivity index (χ1n) is 6.14. The summed E-state index contributed by atoms with van der Waals surface area (Å²) in [4.78, 5) is 11.6. The third kappa shape index (κ3) is 7.65. The van der Waals surface area contributed by atoms with Gasteiger partial charge in [-0.05, 0) is 20.3 Å². The van der Waals surface area contributed by atoms with E-state index in [0.29, 0.717) is 19.2 Å². The number of carbonyl (C=O) groups excluding carboxylic acids is 1. The zero-order chi connectivity index (χ0) is 12.4. The zero-order valence-corrected chi connectivity index (χ0v) is 11.0. The Bertz CT molecular complexity index is 186. The van der Waals surface area contributed by atoms with Crippen molar-refractivity contribution in [2.75, 3.05) is 20.3 Å². The molecule has 0 saturated heterocycles. The van der Waals surface area contributed by atoms with Crippen molar-refractivity contribution in [2.24, 2.45) is 0 Å². The van der Waals surface area contributed by atoms with Crippen molar-refractivity contribution in [3.8, 4) is 0 Å². The summed E-state index contributed by atoms with van der Waals surface area (Å²) in [5.74, 6) is 0.0420. The lowest BCUT2D eigenvalue weighted by Gasteiger charge is -2.19. The minimum atomic E-state index is -0.135. The Morgan fingerprint density at radius 3 is 2.62 bits per heavy atom. The number of unbranched alkanes of at least 4 members (excludes halogenated alkanes) is 1. The molecular weight excluding hydrogens is 204 g/mol. The smallest absolute Gasteiger partial charge is 0.236 e. The van der Waals surface area contributed by atoms with Crippen LogP contribution in [0.25, 0.3) is 0 Å². The topological polar surface area (TPSA) is 50.4 Å². The van der Waals surface area contributed by atoms with Crippen molar-refractivity contribution in [3.05, 3.63) is 0 Å². The molecule has 1 amide bonds. The number of nitrogens with one attached hydrogen (secondary N) is 2. The van der Waals surface area contributed by atoms with Crippen molar-refractivity contribution >= 4 is 5.91 Å². The van der Waals surface area contributed by atoms with Crippen molar-refractivity contribution in [1.82, 2.24) is 10.6 Å². The van der Waals surface area contributed by atoms with E-state index in [-0.39, 0.29) is 11.9 Å². The summed E-state index contributed by atoms with van der Waals surface area (Å²) in [6.07, 6.45) is 3.51. The summed E-state index contributed by atoms with van der Waals surface area (Å²) in [6.45, 7) is 7.32. The van der Waals surface area contributed by atoms with Crippen LogP contribution in [0.5, 0.6) is 0 Å². The second-order valence-corrected chi connectivity index (χ2v) is 4.22. The van der Waals surface area contributed by atoms with E-state index in [0.717, 1.165) is 6.42 Å². The van der Waals surface area contributed by atoms with Crippen molar-refractivity contribution in [1.29, 1.82) is 0 Å². The zero-order valence-electron chi connectivity index (χ0n) is 11.0. The molecule has 0 heterocycles. The molecule has 2 unspecified atom stereocenters. The van der Waals surface area contributed by atoms with Crippen LogP contribution in [-0.4, -0.2) is 38.3 Å². The molecule has 96 valence electrons. The number of hydrogen-bond donors (Lipinski definition) is 2. The normalized spacial score (nSPS) is 14.5. The first kappa shape index (κ1) is 15.4. The van der Waals surface area contributed by atoms with Gasteiger partial charge in [-0.3, -0.25) is 4.79 Å². The highest BCUT2D eigenvalue weighted by Crippen LogP contribution is 2.00. The van der Waals surface area contributed by atoms with Crippen LogP contribution < -0.4 is 10.6 Å². The first-order valence-corrected chi connectivity index (χ1v) is 6.14. The molecule has 0 aromatic rings. The maximum atomic E-state index is 11.6. The molecule has 16 heavy (non-hydrogen) atoms. The minimum absolute atomic E-state index is 0.0420. The molecule has 0 aliphatic rings. The van der Waals surface area contributed by atoms with Gasteiger partial charge in [-0.2, -0.15) is 0 Å². The van der Waals surface area contributed by atoms with Gasteiger partial charge in [-0.25, -0.2) is 0 Å². The van der Waals surface area contributed by atoms with Crippen LogP contribution in [0.1, 0.15) is 40.0 Å². The average Bonchev–Trinajstić information content (AvgIpc) is 2.26. The highest BCUT2D eigenvalue weighted by atomic mass is 16.5. The Balaban J connectivity index is 3.68. The van der Waals surface area contributed by atoms with E-state index in [1.165, 1.54) is 12.8 Å². The van der Waals surface area contributed by atoms with Crippen LogP contribution in [0.4, 0.5) is 0 Å². The first-order chi connectivity index (χ1) is 7.61. The third-order valence-corrected chi connectivity index (χ3v) is 2.52.